The zero-order valence-electron chi connectivity index (χ0n) is 12.3. The second kappa shape index (κ2) is 6.63. The Morgan fingerprint density at radius 3 is 2.67 bits per heavy atom. The summed E-state index contributed by atoms with van der Waals surface area (Å²) in [7, 11) is 0. The summed E-state index contributed by atoms with van der Waals surface area (Å²) in [4.78, 5) is 2.54. The van der Waals surface area contributed by atoms with E-state index in [-0.39, 0.29) is 0 Å². The molecule has 3 rings (SSSR count). The van der Waals surface area contributed by atoms with Gasteiger partial charge in [0.1, 0.15) is 0 Å². The van der Waals surface area contributed by atoms with Crippen LogP contribution in [-0.4, -0.2) is 19.1 Å². The Balaban J connectivity index is 1.85. The first-order valence-corrected chi connectivity index (χ1v) is 8.37. The summed E-state index contributed by atoms with van der Waals surface area (Å²) in [5.41, 5.74) is 2.67. The average Bonchev–Trinajstić information content (AvgIpc) is 2.55. The quantitative estimate of drug-likeness (QED) is 0.888. The average molecular weight is 345 g/mol. The first-order valence-electron chi connectivity index (χ1n) is 7.58. The number of anilines is 1. The normalized spacial score (nSPS) is 22.3. The fourth-order valence-corrected chi connectivity index (χ4v) is 3.43. The summed E-state index contributed by atoms with van der Waals surface area (Å²) in [6.45, 7) is 4.31. The lowest BCUT2D eigenvalue weighted by atomic mass is 10.00. The zero-order chi connectivity index (χ0) is 14.7. The molecule has 0 saturated carbocycles. The summed E-state index contributed by atoms with van der Waals surface area (Å²) in [6, 6.07) is 20.3. The molecule has 0 amide bonds. The molecule has 2 nitrogen and oxygen atoms in total. The number of benzene rings is 2. The highest BCUT2D eigenvalue weighted by atomic mass is 79.9. The molecule has 1 aliphatic heterocycles. The maximum atomic E-state index is 3.70. The Hall–Kier alpha value is -1.32. The highest BCUT2D eigenvalue weighted by molar-refractivity contribution is 9.10. The first-order chi connectivity index (χ1) is 10.3. The van der Waals surface area contributed by atoms with Crippen LogP contribution >= 0.6 is 15.9 Å². The van der Waals surface area contributed by atoms with E-state index >= 15 is 0 Å². The molecule has 3 heteroatoms. The largest absolute Gasteiger partial charge is 0.365 e. The fourth-order valence-electron chi connectivity index (χ4n) is 3.04. The van der Waals surface area contributed by atoms with Gasteiger partial charge in [0.2, 0.25) is 0 Å². The van der Waals surface area contributed by atoms with Gasteiger partial charge < -0.3 is 10.2 Å². The lowest BCUT2D eigenvalue weighted by Gasteiger charge is -2.42. The molecule has 1 heterocycles. The molecule has 0 radical (unpaired) electrons. The smallest absolute Gasteiger partial charge is 0.0499 e. The van der Waals surface area contributed by atoms with E-state index in [0.717, 1.165) is 24.0 Å². The molecule has 1 fully saturated rings. The molecule has 1 N–H and O–H groups in total. The highest BCUT2D eigenvalue weighted by Gasteiger charge is 2.27. The molecule has 0 spiro atoms. The molecule has 2 atom stereocenters. The van der Waals surface area contributed by atoms with Crippen LogP contribution < -0.4 is 10.2 Å². The van der Waals surface area contributed by atoms with Crippen LogP contribution in [0, 0.1) is 0 Å². The van der Waals surface area contributed by atoms with E-state index in [9.17, 15) is 0 Å². The summed E-state index contributed by atoms with van der Waals surface area (Å²) in [5.74, 6) is 0. The molecule has 1 aliphatic rings. The van der Waals surface area contributed by atoms with Crippen molar-refractivity contribution in [1.82, 2.24) is 5.32 Å². The lowest BCUT2D eigenvalue weighted by Crippen LogP contribution is -2.52. The van der Waals surface area contributed by atoms with Crippen molar-refractivity contribution in [3.63, 3.8) is 0 Å². The maximum Gasteiger partial charge on any atom is 0.0499 e. The van der Waals surface area contributed by atoms with Gasteiger partial charge in [-0.3, -0.25) is 0 Å². The van der Waals surface area contributed by atoms with Crippen molar-refractivity contribution in [2.45, 2.75) is 25.4 Å². The number of nitrogens with zero attached hydrogens (tertiary/aromatic N) is 1. The number of hydrogen-bond acceptors (Lipinski definition) is 2. The van der Waals surface area contributed by atoms with Crippen molar-refractivity contribution in [2.24, 2.45) is 0 Å². The van der Waals surface area contributed by atoms with E-state index in [1.807, 2.05) is 0 Å². The van der Waals surface area contributed by atoms with Crippen LogP contribution in [0.1, 0.15) is 24.9 Å². The van der Waals surface area contributed by atoms with Crippen LogP contribution in [0.15, 0.2) is 59.1 Å². The second-order valence-corrected chi connectivity index (χ2v) is 6.48. The molecule has 0 bridgehead atoms. The van der Waals surface area contributed by atoms with Gasteiger partial charge in [-0.15, -0.1) is 0 Å². The minimum atomic E-state index is 0.396. The Labute approximate surface area is 135 Å². The summed E-state index contributed by atoms with van der Waals surface area (Å²) in [5, 5.41) is 3.70. The van der Waals surface area contributed by atoms with Gasteiger partial charge in [-0.2, -0.15) is 0 Å². The van der Waals surface area contributed by atoms with E-state index in [4.69, 9.17) is 0 Å². The molecule has 0 aromatic heterocycles. The van der Waals surface area contributed by atoms with Crippen molar-refractivity contribution in [3.05, 3.63) is 64.6 Å². The molecule has 2 aromatic carbocycles. The van der Waals surface area contributed by atoms with Crippen molar-refractivity contribution < 1.29 is 0 Å². The third-order valence-electron chi connectivity index (χ3n) is 4.23. The topological polar surface area (TPSA) is 15.3 Å². The van der Waals surface area contributed by atoms with E-state index in [1.165, 1.54) is 11.3 Å². The van der Waals surface area contributed by atoms with E-state index in [1.54, 1.807) is 0 Å². The van der Waals surface area contributed by atoms with Gasteiger partial charge in [0.25, 0.3) is 0 Å². The molecule has 2 unspecified atom stereocenters. The van der Waals surface area contributed by atoms with Crippen LogP contribution in [0.4, 0.5) is 5.69 Å². The van der Waals surface area contributed by atoms with Crippen LogP contribution in [-0.2, 0) is 0 Å². The van der Waals surface area contributed by atoms with Gasteiger partial charge in [-0.25, -0.2) is 0 Å². The van der Waals surface area contributed by atoms with Crippen LogP contribution in [0.2, 0.25) is 0 Å². The van der Waals surface area contributed by atoms with Crippen molar-refractivity contribution in [2.75, 3.05) is 18.0 Å². The summed E-state index contributed by atoms with van der Waals surface area (Å²) in [6.07, 6.45) is 1.15. The number of halogens is 1. The van der Waals surface area contributed by atoms with Crippen LogP contribution in [0.3, 0.4) is 0 Å². The Bertz CT molecular complexity index is 585. The summed E-state index contributed by atoms with van der Waals surface area (Å²) < 4.78 is 1.14. The van der Waals surface area contributed by atoms with E-state index in [2.05, 4.69) is 87.7 Å². The SMILES string of the molecule is CCC1CNC(c2ccccc2)CN1c1cccc(Br)c1. The second-order valence-electron chi connectivity index (χ2n) is 5.57. The predicted molar refractivity (Wildman–Crippen MR) is 92.8 cm³/mol. The number of piperazine rings is 1. The van der Waals surface area contributed by atoms with Gasteiger partial charge in [-0.05, 0) is 30.2 Å². The Morgan fingerprint density at radius 1 is 1.14 bits per heavy atom. The van der Waals surface area contributed by atoms with Gasteiger partial charge in [0.05, 0.1) is 0 Å². The monoisotopic (exact) mass is 344 g/mol. The van der Waals surface area contributed by atoms with Gasteiger partial charge in [0, 0.05) is 35.3 Å². The first kappa shape index (κ1) is 14.6. The standard InChI is InChI=1S/C18H21BrN2/c1-2-16-12-20-18(14-7-4-3-5-8-14)13-21(16)17-10-6-9-15(19)11-17/h3-11,16,18,20H,2,12-13H2,1H3. The molecular weight excluding hydrogens is 324 g/mol. The zero-order valence-corrected chi connectivity index (χ0v) is 13.9. The van der Waals surface area contributed by atoms with Gasteiger partial charge in [0.15, 0.2) is 0 Å². The Kier molecular flexibility index (Phi) is 4.61. The van der Waals surface area contributed by atoms with Crippen molar-refractivity contribution >= 4 is 21.6 Å². The lowest BCUT2D eigenvalue weighted by molar-refractivity contribution is 0.393. The number of hydrogen-bond donors (Lipinski definition) is 1. The third-order valence-corrected chi connectivity index (χ3v) is 4.73. The summed E-state index contributed by atoms with van der Waals surface area (Å²) >= 11 is 3.59. The molecule has 110 valence electrons. The third kappa shape index (κ3) is 3.30. The molecule has 21 heavy (non-hydrogen) atoms. The minimum Gasteiger partial charge on any atom is -0.365 e. The molecule has 0 aliphatic carbocycles. The number of rotatable bonds is 3. The Morgan fingerprint density at radius 2 is 1.95 bits per heavy atom. The van der Waals surface area contributed by atoms with Crippen LogP contribution in [0.5, 0.6) is 0 Å². The predicted octanol–water partition coefficient (Wildman–Crippen LogP) is 4.38. The molecule has 2 aromatic rings. The van der Waals surface area contributed by atoms with E-state index in [0.29, 0.717) is 12.1 Å². The van der Waals surface area contributed by atoms with Crippen molar-refractivity contribution in [3.8, 4) is 0 Å². The van der Waals surface area contributed by atoms with E-state index < -0.39 is 0 Å². The molecular formula is C18H21BrN2. The fraction of sp³-hybridized carbons (Fsp3) is 0.333. The minimum absolute atomic E-state index is 0.396. The maximum absolute atomic E-state index is 3.70. The van der Waals surface area contributed by atoms with Crippen LogP contribution in [0.25, 0.3) is 0 Å². The van der Waals surface area contributed by atoms with Gasteiger partial charge in [-0.1, -0.05) is 59.3 Å². The number of nitrogens with one attached hydrogen (secondary N) is 1. The molecule has 1 saturated heterocycles. The van der Waals surface area contributed by atoms with Gasteiger partial charge >= 0.3 is 0 Å². The van der Waals surface area contributed by atoms with Crippen molar-refractivity contribution in [1.29, 1.82) is 0 Å². The highest BCUT2D eigenvalue weighted by Crippen LogP contribution is 2.28.